The number of nitrogens with one attached hydrogen (secondary N) is 2. The molecule has 8 heteroatoms. The highest BCUT2D eigenvalue weighted by Gasteiger charge is 2.28. The number of ether oxygens (including phenoxy) is 1. The van der Waals surface area contributed by atoms with E-state index in [1.807, 2.05) is 0 Å². The molecule has 2 atom stereocenters. The Labute approximate surface area is 144 Å². The number of hydrogen-bond acceptors (Lipinski definition) is 7. The van der Waals surface area contributed by atoms with E-state index in [9.17, 15) is 15.0 Å². The predicted octanol–water partition coefficient (Wildman–Crippen LogP) is 0.703. The number of amides is 1. The molecule has 0 aliphatic carbocycles. The molecule has 1 aromatic carbocycles. The smallest absolute Gasteiger partial charge is 0.237 e. The highest BCUT2D eigenvalue weighted by molar-refractivity contribution is 5.82. The van der Waals surface area contributed by atoms with Crippen LogP contribution >= 0.6 is 0 Å². The lowest BCUT2D eigenvalue weighted by molar-refractivity contribution is -0.123. The van der Waals surface area contributed by atoms with Crippen LogP contribution in [0.25, 0.3) is 11.5 Å². The average Bonchev–Trinajstić information content (AvgIpc) is 3.18. The third kappa shape index (κ3) is 3.75. The van der Waals surface area contributed by atoms with E-state index < -0.39 is 6.10 Å². The molecule has 1 saturated heterocycles. The van der Waals surface area contributed by atoms with E-state index in [4.69, 9.17) is 9.15 Å². The summed E-state index contributed by atoms with van der Waals surface area (Å²) in [5.41, 5.74) is 1.22. The summed E-state index contributed by atoms with van der Waals surface area (Å²) in [4.78, 5) is 16.5. The number of aliphatic hydroxyl groups is 1. The van der Waals surface area contributed by atoms with E-state index in [1.165, 1.54) is 13.2 Å². The molecule has 0 unspecified atom stereocenters. The number of rotatable bonds is 5. The molecule has 3 rings (SSSR count). The maximum atomic E-state index is 12.1. The van der Waals surface area contributed by atoms with Crippen molar-refractivity contribution < 1.29 is 24.2 Å². The molecule has 0 spiro atoms. The van der Waals surface area contributed by atoms with Crippen LogP contribution in [-0.2, 0) is 11.3 Å². The zero-order valence-electron chi connectivity index (χ0n) is 14.1. The summed E-state index contributed by atoms with van der Waals surface area (Å²) < 4.78 is 10.6. The number of carbonyl (C=O) groups is 1. The molecule has 2 heterocycles. The fraction of sp³-hybridized carbons (Fsp3) is 0.412. The second kappa shape index (κ2) is 7.12. The van der Waals surface area contributed by atoms with Crippen LogP contribution in [-0.4, -0.2) is 46.9 Å². The number of β-amino-alcohol motifs (C(OH)–C–C–N with tert-alkyl or cyclic N) is 1. The molecule has 1 aliphatic rings. The van der Waals surface area contributed by atoms with Crippen LogP contribution in [0.5, 0.6) is 11.5 Å². The summed E-state index contributed by atoms with van der Waals surface area (Å²) in [6.07, 6.45) is -0.0844. The van der Waals surface area contributed by atoms with Crippen molar-refractivity contribution >= 4 is 5.91 Å². The van der Waals surface area contributed by atoms with E-state index in [2.05, 4.69) is 15.6 Å². The Kier molecular flexibility index (Phi) is 4.91. The van der Waals surface area contributed by atoms with Gasteiger partial charge in [0.1, 0.15) is 11.5 Å². The van der Waals surface area contributed by atoms with Gasteiger partial charge in [0, 0.05) is 12.1 Å². The Bertz CT molecular complexity index is 774. The van der Waals surface area contributed by atoms with Crippen molar-refractivity contribution in [2.75, 3.05) is 13.7 Å². The minimum Gasteiger partial charge on any atom is -0.504 e. The Morgan fingerprint density at radius 1 is 1.52 bits per heavy atom. The quantitative estimate of drug-likeness (QED) is 0.629. The Hall–Kier alpha value is -2.58. The van der Waals surface area contributed by atoms with Crippen LogP contribution < -0.4 is 15.4 Å². The molecule has 2 aromatic rings. The number of nitrogens with zero attached hydrogens (tertiary/aromatic N) is 1. The monoisotopic (exact) mass is 347 g/mol. The Morgan fingerprint density at radius 3 is 2.96 bits per heavy atom. The fourth-order valence-corrected chi connectivity index (χ4v) is 2.75. The number of oxazole rings is 1. The number of aryl methyl sites for hydroxylation is 1. The second-order valence-corrected chi connectivity index (χ2v) is 5.98. The van der Waals surface area contributed by atoms with Crippen LogP contribution in [0.3, 0.4) is 0 Å². The van der Waals surface area contributed by atoms with Gasteiger partial charge in [-0.1, -0.05) is 0 Å². The molecule has 134 valence electrons. The van der Waals surface area contributed by atoms with E-state index in [0.29, 0.717) is 41.6 Å². The van der Waals surface area contributed by atoms with Crippen molar-refractivity contribution in [3.8, 4) is 23.0 Å². The fourth-order valence-electron chi connectivity index (χ4n) is 2.75. The molecule has 8 nitrogen and oxygen atoms in total. The maximum Gasteiger partial charge on any atom is 0.237 e. The third-order valence-electron chi connectivity index (χ3n) is 4.17. The number of aromatic nitrogens is 1. The summed E-state index contributed by atoms with van der Waals surface area (Å²) in [5.74, 6) is 1.13. The summed E-state index contributed by atoms with van der Waals surface area (Å²) in [6, 6.07) is 4.48. The summed E-state index contributed by atoms with van der Waals surface area (Å²) in [6.45, 7) is 2.41. The minimum atomic E-state index is -0.487. The topological polar surface area (TPSA) is 117 Å². The van der Waals surface area contributed by atoms with Gasteiger partial charge < -0.3 is 30.0 Å². The van der Waals surface area contributed by atoms with E-state index in [-0.39, 0.29) is 24.2 Å². The van der Waals surface area contributed by atoms with E-state index in [0.717, 1.165) is 0 Å². The van der Waals surface area contributed by atoms with Crippen LogP contribution in [0.2, 0.25) is 0 Å². The zero-order chi connectivity index (χ0) is 18.0. The Morgan fingerprint density at radius 2 is 2.32 bits per heavy atom. The van der Waals surface area contributed by atoms with Crippen LogP contribution in [0.4, 0.5) is 0 Å². The number of aliphatic hydroxyl groups excluding tert-OH is 1. The lowest BCUT2D eigenvalue weighted by Crippen LogP contribution is -2.40. The van der Waals surface area contributed by atoms with Gasteiger partial charge in [-0.3, -0.25) is 4.79 Å². The molecule has 1 aliphatic heterocycles. The first kappa shape index (κ1) is 17.2. The van der Waals surface area contributed by atoms with Gasteiger partial charge in [-0.25, -0.2) is 4.98 Å². The minimum absolute atomic E-state index is 0.00317. The van der Waals surface area contributed by atoms with Crippen LogP contribution in [0, 0.1) is 6.92 Å². The highest BCUT2D eigenvalue weighted by Crippen LogP contribution is 2.31. The number of carbonyl (C=O) groups excluding carboxylic acids is 1. The zero-order valence-corrected chi connectivity index (χ0v) is 14.1. The van der Waals surface area contributed by atoms with Gasteiger partial charge in [-0.15, -0.1) is 0 Å². The van der Waals surface area contributed by atoms with E-state index >= 15 is 0 Å². The van der Waals surface area contributed by atoms with Crippen molar-refractivity contribution in [2.45, 2.75) is 32.0 Å². The van der Waals surface area contributed by atoms with Crippen molar-refractivity contribution in [3.05, 3.63) is 29.7 Å². The molecule has 1 amide bonds. The third-order valence-corrected chi connectivity index (χ3v) is 4.17. The number of phenolic OH excluding ortho intramolecular Hbond substituents is 1. The first-order valence-corrected chi connectivity index (χ1v) is 8.00. The molecular formula is C17H21N3O5. The molecule has 1 aromatic heterocycles. The van der Waals surface area contributed by atoms with Gasteiger partial charge >= 0.3 is 0 Å². The normalized spacial score (nSPS) is 19.8. The predicted molar refractivity (Wildman–Crippen MR) is 89.2 cm³/mol. The van der Waals surface area contributed by atoms with Gasteiger partial charge in [0.25, 0.3) is 0 Å². The Balaban J connectivity index is 1.68. The van der Waals surface area contributed by atoms with Gasteiger partial charge in [-0.2, -0.15) is 0 Å². The SMILES string of the molecule is COc1ccc(-c2nc(CNC(=O)[C@@H]3C[C@@H](O)CN3)c(C)o2)cc1O. The first-order chi connectivity index (χ1) is 12.0. The molecule has 0 bridgehead atoms. The summed E-state index contributed by atoms with van der Waals surface area (Å²) in [5, 5.41) is 25.1. The second-order valence-electron chi connectivity index (χ2n) is 5.98. The standard InChI is InChI=1S/C17H21N3O5/c1-9-13(8-19-16(23)12-6-11(21)7-18-12)20-17(25-9)10-3-4-15(24-2)14(22)5-10/h3-5,11-12,18,21-22H,6-8H2,1-2H3,(H,19,23)/t11-,12+/m1/s1. The van der Waals surface area contributed by atoms with Crippen molar-refractivity contribution in [2.24, 2.45) is 0 Å². The maximum absolute atomic E-state index is 12.1. The lowest BCUT2D eigenvalue weighted by atomic mass is 10.2. The van der Waals surface area contributed by atoms with Crippen LogP contribution in [0.1, 0.15) is 17.9 Å². The number of hydrogen-bond donors (Lipinski definition) is 4. The van der Waals surface area contributed by atoms with E-state index in [1.54, 1.807) is 19.1 Å². The molecular weight excluding hydrogens is 326 g/mol. The van der Waals surface area contributed by atoms with Crippen molar-refractivity contribution in [1.82, 2.24) is 15.6 Å². The molecule has 4 N–H and O–H groups in total. The van der Waals surface area contributed by atoms with Gasteiger partial charge in [0.2, 0.25) is 11.8 Å². The summed E-state index contributed by atoms with van der Waals surface area (Å²) in [7, 11) is 1.48. The largest absolute Gasteiger partial charge is 0.504 e. The number of benzene rings is 1. The van der Waals surface area contributed by atoms with Gasteiger partial charge in [0.15, 0.2) is 11.5 Å². The van der Waals surface area contributed by atoms with Gasteiger partial charge in [0.05, 0.1) is 25.8 Å². The number of methoxy groups -OCH3 is 1. The first-order valence-electron chi connectivity index (χ1n) is 8.00. The summed E-state index contributed by atoms with van der Waals surface area (Å²) >= 11 is 0. The molecule has 25 heavy (non-hydrogen) atoms. The van der Waals surface area contributed by atoms with Gasteiger partial charge in [-0.05, 0) is 31.5 Å². The average molecular weight is 347 g/mol. The molecule has 0 saturated carbocycles. The van der Waals surface area contributed by atoms with Crippen molar-refractivity contribution in [1.29, 1.82) is 0 Å². The highest BCUT2D eigenvalue weighted by atomic mass is 16.5. The van der Waals surface area contributed by atoms with Crippen molar-refractivity contribution in [3.63, 3.8) is 0 Å². The molecule has 1 fully saturated rings. The number of aromatic hydroxyl groups is 1. The number of phenols is 1. The molecule has 0 radical (unpaired) electrons. The van der Waals surface area contributed by atoms with Crippen LogP contribution in [0.15, 0.2) is 22.6 Å². The lowest BCUT2D eigenvalue weighted by Gasteiger charge is -2.09.